The maximum absolute atomic E-state index is 12.6. The fourth-order valence-electron chi connectivity index (χ4n) is 3.50. The number of rotatable bonds is 7. The molecule has 0 radical (unpaired) electrons. The number of hydrogen-bond acceptors (Lipinski definition) is 6. The fraction of sp³-hybridized carbons (Fsp3) is 0.455. The minimum absolute atomic E-state index is 0.221. The van der Waals surface area contributed by atoms with E-state index in [1.807, 2.05) is 18.3 Å². The number of anilines is 1. The number of aromatic nitrogens is 1. The molecule has 7 nitrogen and oxygen atoms in total. The molecule has 3 rings (SSSR count). The number of benzene rings is 1. The molecule has 1 amide bonds. The highest BCUT2D eigenvalue weighted by atomic mass is 16.5. The molecule has 1 fully saturated rings. The van der Waals surface area contributed by atoms with Gasteiger partial charge in [0, 0.05) is 31.4 Å². The summed E-state index contributed by atoms with van der Waals surface area (Å²) in [4.78, 5) is 19.5. The highest BCUT2D eigenvalue weighted by molar-refractivity contribution is 5.95. The highest BCUT2D eigenvalue weighted by Gasteiger charge is 2.17. The van der Waals surface area contributed by atoms with Gasteiger partial charge in [-0.15, -0.1) is 0 Å². The standard InChI is InChI=1S/C22H29N3O4/c1-27-18-12-17(13-19(28-2)21(18)29-3)22(26)24-15-16-8-9-20(23-14-16)25-10-6-4-5-7-11-25/h8-9,12-14H,4-7,10-11,15H2,1-3H3,(H,24,26). The Morgan fingerprint density at radius 3 is 2.17 bits per heavy atom. The summed E-state index contributed by atoms with van der Waals surface area (Å²) in [7, 11) is 4.58. The molecule has 1 aliphatic heterocycles. The van der Waals surface area contributed by atoms with E-state index in [0.717, 1.165) is 24.5 Å². The van der Waals surface area contributed by atoms with Crippen LogP contribution in [0.15, 0.2) is 30.5 Å². The minimum Gasteiger partial charge on any atom is -0.493 e. The smallest absolute Gasteiger partial charge is 0.251 e. The maximum Gasteiger partial charge on any atom is 0.251 e. The van der Waals surface area contributed by atoms with Crippen molar-refractivity contribution in [2.75, 3.05) is 39.3 Å². The molecule has 1 N–H and O–H groups in total. The number of carbonyl (C=O) groups is 1. The van der Waals surface area contributed by atoms with Crippen LogP contribution < -0.4 is 24.4 Å². The van der Waals surface area contributed by atoms with E-state index in [1.54, 1.807) is 12.1 Å². The second kappa shape index (κ2) is 10.0. The Labute approximate surface area is 172 Å². The van der Waals surface area contributed by atoms with E-state index in [2.05, 4.69) is 15.2 Å². The molecule has 0 aliphatic carbocycles. The number of amides is 1. The summed E-state index contributed by atoms with van der Waals surface area (Å²) in [5.74, 6) is 2.13. The lowest BCUT2D eigenvalue weighted by atomic mass is 10.1. The minimum atomic E-state index is -0.221. The molecule has 0 atom stereocenters. The van der Waals surface area contributed by atoms with Gasteiger partial charge in [0.25, 0.3) is 5.91 Å². The van der Waals surface area contributed by atoms with E-state index in [1.165, 1.54) is 47.0 Å². The number of ether oxygens (including phenoxy) is 3. The Hall–Kier alpha value is -2.96. The summed E-state index contributed by atoms with van der Waals surface area (Å²) in [6, 6.07) is 7.32. The molecule has 156 valence electrons. The van der Waals surface area contributed by atoms with Gasteiger partial charge in [0.05, 0.1) is 21.3 Å². The molecule has 0 saturated carbocycles. The summed E-state index contributed by atoms with van der Waals surface area (Å²) < 4.78 is 15.9. The molecule has 2 aromatic rings. The van der Waals surface area contributed by atoms with Crippen LogP contribution >= 0.6 is 0 Å². The van der Waals surface area contributed by atoms with E-state index in [4.69, 9.17) is 14.2 Å². The van der Waals surface area contributed by atoms with Crippen molar-refractivity contribution >= 4 is 11.7 Å². The lowest BCUT2D eigenvalue weighted by molar-refractivity contribution is 0.0950. The van der Waals surface area contributed by atoms with Crippen LogP contribution in [0.1, 0.15) is 41.6 Å². The van der Waals surface area contributed by atoms with Crippen molar-refractivity contribution in [3.05, 3.63) is 41.6 Å². The average Bonchev–Trinajstić information content (AvgIpc) is 3.06. The van der Waals surface area contributed by atoms with Gasteiger partial charge < -0.3 is 24.4 Å². The van der Waals surface area contributed by atoms with Crippen molar-refractivity contribution in [3.8, 4) is 17.2 Å². The summed E-state index contributed by atoms with van der Waals surface area (Å²) >= 11 is 0. The number of carbonyl (C=O) groups excluding carboxylic acids is 1. The van der Waals surface area contributed by atoms with E-state index in [9.17, 15) is 4.79 Å². The summed E-state index contributed by atoms with van der Waals surface area (Å²) in [5.41, 5.74) is 1.39. The van der Waals surface area contributed by atoms with Gasteiger partial charge in [-0.25, -0.2) is 4.98 Å². The molecule has 2 heterocycles. The fourth-order valence-corrected chi connectivity index (χ4v) is 3.50. The average molecular weight is 399 g/mol. The molecular formula is C22H29N3O4. The van der Waals surface area contributed by atoms with Crippen LogP contribution in [-0.2, 0) is 6.54 Å². The first kappa shape index (κ1) is 20.8. The zero-order valence-corrected chi connectivity index (χ0v) is 17.4. The van der Waals surface area contributed by atoms with E-state index in [-0.39, 0.29) is 5.91 Å². The lowest BCUT2D eigenvalue weighted by Crippen LogP contribution is -2.25. The van der Waals surface area contributed by atoms with Gasteiger partial charge in [-0.1, -0.05) is 18.9 Å². The third-order valence-electron chi connectivity index (χ3n) is 5.12. The summed E-state index contributed by atoms with van der Waals surface area (Å²) in [6.07, 6.45) is 6.85. The van der Waals surface area contributed by atoms with E-state index >= 15 is 0 Å². The quantitative estimate of drug-likeness (QED) is 0.769. The second-order valence-corrected chi connectivity index (χ2v) is 7.02. The Bertz CT molecular complexity index is 790. The maximum atomic E-state index is 12.6. The molecule has 7 heteroatoms. The van der Waals surface area contributed by atoms with Crippen molar-refractivity contribution in [2.45, 2.75) is 32.2 Å². The predicted octanol–water partition coefficient (Wildman–Crippen LogP) is 3.42. The van der Waals surface area contributed by atoms with Gasteiger partial charge in [-0.2, -0.15) is 0 Å². The monoisotopic (exact) mass is 399 g/mol. The highest BCUT2D eigenvalue weighted by Crippen LogP contribution is 2.38. The molecule has 29 heavy (non-hydrogen) atoms. The number of nitrogens with zero attached hydrogens (tertiary/aromatic N) is 2. The van der Waals surface area contributed by atoms with Crippen LogP contribution in [0.25, 0.3) is 0 Å². The molecular weight excluding hydrogens is 370 g/mol. The number of methoxy groups -OCH3 is 3. The third-order valence-corrected chi connectivity index (χ3v) is 5.12. The van der Waals surface area contributed by atoms with Crippen molar-refractivity contribution in [2.24, 2.45) is 0 Å². The van der Waals surface area contributed by atoms with Gasteiger partial charge in [0.15, 0.2) is 11.5 Å². The zero-order valence-electron chi connectivity index (χ0n) is 17.4. The van der Waals surface area contributed by atoms with Gasteiger partial charge in [-0.3, -0.25) is 4.79 Å². The van der Waals surface area contributed by atoms with Gasteiger partial charge in [0.1, 0.15) is 5.82 Å². The van der Waals surface area contributed by atoms with E-state index in [0.29, 0.717) is 29.4 Å². The topological polar surface area (TPSA) is 72.9 Å². The van der Waals surface area contributed by atoms with Crippen molar-refractivity contribution in [1.29, 1.82) is 0 Å². The zero-order chi connectivity index (χ0) is 20.6. The van der Waals surface area contributed by atoms with Crippen molar-refractivity contribution in [3.63, 3.8) is 0 Å². The predicted molar refractivity (Wildman–Crippen MR) is 112 cm³/mol. The largest absolute Gasteiger partial charge is 0.493 e. The van der Waals surface area contributed by atoms with Crippen LogP contribution in [0.4, 0.5) is 5.82 Å². The van der Waals surface area contributed by atoms with Crippen LogP contribution in [0.3, 0.4) is 0 Å². The molecule has 1 saturated heterocycles. The normalized spacial score (nSPS) is 14.1. The Morgan fingerprint density at radius 2 is 1.66 bits per heavy atom. The summed E-state index contributed by atoms with van der Waals surface area (Å²) in [6.45, 7) is 2.51. The first-order valence-electron chi connectivity index (χ1n) is 9.94. The Kier molecular flexibility index (Phi) is 7.16. The van der Waals surface area contributed by atoms with E-state index < -0.39 is 0 Å². The van der Waals surface area contributed by atoms with Crippen LogP contribution in [0.5, 0.6) is 17.2 Å². The van der Waals surface area contributed by atoms with Gasteiger partial charge in [0.2, 0.25) is 5.75 Å². The lowest BCUT2D eigenvalue weighted by Gasteiger charge is -2.21. The molecule has 1 aromatic carbocycles. The molecule has 1 aliphatic rings. The number of hydrogen-bond donors (Lipinski definition) is 1. The molecule has 0 bridgehead atoms. The van der Waals surface area contributed by atoms with Crippen LogP contribution in [0, 0.1) is 0 Å². The molecule has 0 unspecified atom stereocenters. The molecule has 0 spiro atoms. The van der Waals surface area contributed by atoms with Gasteiger partial charge in [-0.05, 0) is 36.6 Å². The Balaban J connectivity index is 1.64. The Morgan fingerprint density at radius 1 is 1.00 bits per heavy atom. The first-order chi connectivity index (χ1) is 14.2. The third kappa shape index (κ3) is 5.10. The van der Waals surface area contributed by atoms with Crippen molar-refractivity contribution < 1.29 is 19.0 Å². The SMILES string of the molecule is COc1cc(C(=O)NCc2ccc(N3CCCCCC3)nc2)cc(OC)c1OC. The van der Waals surface area contributed by atoms with Crippen molar-refractivity contribution in [1.82, 2.24) is 10.3 Å². The number of pyridine rings is 1. The van der Waals surface area contributed by atoms with Crippen LogP contribution in [-0.4, -0.2) is 45.3 Å². The second-order valence-electron chi connectivity index (χ2n) is 7.02. The summed E-state index contributed by atoms with van der Waals surface area (Å²) in [5, 5.41) is 2.92. The molecule has 1 aromatic heterocycles. The van der Waals surface area contributed by atoms with Crippen LogP contribution in [0.2, 0.25) is 0 Å². The number of nitrogens with one attached hydrogen (secondary N) is 1. The first-order valence-corrected chi connectivity index (χ1v) is 9.94. The van der Waals surface area contributed by atoms with Gasteiger partial charge >= 0.3 is 0 Å².